The summed E-state index contributed by atoms with van der Waals surface area (Å²) >= 11 is 0. The highest BCUT2D eigenvalue weighted by Gasteiger charge is 2.06. The topological polar surface area (TPSA) is 56.3 Å². The minimum Gasteiger partial charge on any atom is -0.360 e. The van der Waals surface area contributed by atoms with Gasteiger partial charge < -0.3 is 9.97 Å². The van der Waals surface area contributed by atoms with E-state index < -0.39 is 0 Å². The zero-order valence-electron chi connectivity index (χ0n) is 15.4. The molecule has 2 N–H and O–H groups in total. The maximum Gasteiger partial charge on any atom is 0.0566 e. The summed E-state index contributed by atoms with van der Waals surface area (Å²) in [4.78, 5) is 15.0. The first-order chi connectivity index (χ1) is 13.2. The second kappa shape index (κ2) is 9.34. The van der Waals surface area contributed by atoms with Crippen molar-refractivity contribution in [2.45, 2.75) is 19.3 Å². The van der Waals surface area contributed by atoms with Crippen LogP contribution in [0.5, 0.6) is 0 Å². The van der Waals surface area contributed by atoms with Crippen LogP contribution in [0.1, 0.15) is 30.7 Å². The smallest absolute Gasteiger partial charge is 0.0566 e. The third-order valence-electron chi connectivity index (χ3n) is 4.16. The molecule has 0 saturated carbocycles. The van der Waals surface area contributed by atoms with Crippen molar-refractivity contribution in [2.75, 3.05) is 0 Å². The molecule has 1 aliphatic carbocycles. The van der Waals surface area contributed by atoms with E-state index in [4.69, 9.17) is 0 Å². The minimum absolute atomic E-state index is 0.698. The van der Waals surface area contributed by atoms with Gasteiger partial charge in [-0.2, -0.15) is 0 Å². The number of aliphatic imine (C=N–C) groups is 2. The summed E-state index contributed by atoms with van der Waals surface area (Å²) in [5.41, 5.74) is 6.18. The predicted molar refractivity (Wildman–Crippen MR) is 114 cm³/mol. The van der Waals surface area contributed by atoms with Gasteiger partial charge in [0.25, 0.3) is 0 Å². The summed E-state index contributed by atoms with van der Waals surface area (Å²) in [6.45, 7) is 8.08. The summed E-state index contributed by atoms with van der Waals surface area (Å²) in [5.74, 6) is 0. The Bertz CT molecular complexity index is 917. The number of nitrogens with one attached hydrogen (secondary N) is 2. The van der Waals surface area contributed by atoms with E-state index >= 15 is 0 Å². The van der Waals surface area contributed by atoms with Crippen molar-refractivity contribution in [3.63, 3.8) is 0 Å². The van der Waals surface area contributed by atoms with Gasteiger partial charge in [0.2, 0.25) is 0 Å². The average Bonchev–Trinajstić information content (AvgIpc) is 3.38. The minimum atomic E-state index is 0.698. The van der Waals surface area contributed by atoms with Gasteiger partial charge >= 0.3 is 0 Å². The molecule has 1 aliphatic rings. The van der Waals surface area contributed by atoms with Crippen LogP contribution in [0.15, 0.2) is 107 Å². The van der Waals surface area contributed by atoms with E-state index in [9.17, 15) is 0 Å². The number of rotatable bonds is 8. The Morgan fingerprint density at radius 3 is 2.33 bits per heavy atom. The number of allylic oxidation sites excluding steroid dienone is 7. The van der Waals surface area contributed by atoms with Crippen LogP contribution in [-0.2, 0) is 0 Å². The van der Waals surface area contributed by atoms with Gasteiger partial charge in [0, 0.05) is 18.1 Å². The molecule has 2 heterocycles. The standard InChI is InChI=1S/C23H24N4/c1-18(7-8-19(2)26-16-22-5-3-13-24-22)15-20-9-11-21(12-10-20)27-17-23-6-4-14-25-23/h3-9,11,13-14,16-17,24-25H,1-2,10,12,15H2/b8-7-,26-16?,27-17?. The second-order valence-electron chi connectivity index (χ2n) is 6.41. The highest BCUT2D eigenvalue weighted by atomic mass is 14.8. The zero-order valence-corrected chi connectivity index (χ0v) is 15.4. The molecule has 0 unspecified atom stereocenters. The fourth-order valence-electron chi connectivity index (χ4n) is 2.69. The van der Waals surface area contributed by atoms with Crippen LogP contribution in [-0.4, -0.2) is 22.4 Å². The van der Waals surface area contributed by atoms with Gasteiger partial charge in [-0.25, -0.2) is 0 Å². The molecule has 3 rings (SSSR count). The Kier molecular flexibility index (Phi) is 6.36. The Morgan fingerprint density at radius 2 is 1.70 bits per heavy atom. The molecular weight excluding hydrogens is 332 g/mol. The van der Waals surface area contributed by atoms with Crippen molar-refractivity contribution in [2.24, 2.45) is 9.98 Å². The van der Waals surface area contributed by atoms with E-state index in [0.717, 1.165) is 41.9 Å². The molecule has 0 aliphatic heterocycles. The van der Waals surface area contributed by atoms with Crippen molar-refractivity contribution < 1.29 is 0 Å². The summed E-state index contributed by atoms with van der Waals surface area (Å²) in [7, 11) is 0. The van der Waals surface area contributed by atoms with Crippen molar-refractivity contribution in [3.8, 4) is 0 Å². The SMILES string of the molecule is C=C(/C=C\C(=C)N=Cc1ccc[nH]1)CC1=CC=C(N=Cc2ccc[nH]2)CC1. The lowest BCUT2D eigenvalue weighted by molar-refractivity contribution is 0.863. The van der Waals surface area contributed by atoms with Gasteiger partial charge in [0.15, 0.2) is 0 Å². The van der Waals surface area contributed by atoms with Crippen LogP contribution in [0, 0.1) is 0 Å². The highest BCUT2D eigenvalue weighted by molar-refractivity contribution is 5.78. The molecule has 0 bridgehead atoms. The lowest BCUT2D eigenvalue weighted by Gasteiger charge is -2.12. The van der Waals surface area contributed by atoms with Gasteiger partial charge in [-0.05, 0) is 55.7 Å². The quantitative estimate of drug-likeness (QED) is 0.463. The van der Waals surface area contributed by atoms with E-state index in [1.54, 1.807) is 6.21 Å². The number of aromatic nitrogens is 2. The van der Waals surface area contributed by atoms with E-state index in [2.05, 4.69) is 45.3 Å². The number of hydrogen-bond donors (Lipinski definition) is 2. The van der Waals surface area contributed by atoms with Crippen LogP contribution < -0.4 is 0 Å². The van der Waals surface area contributed by atoms with E-state index in [0.29, 0.717) is 5.70 Å². The van der Waals surface area contributed by atoms with E-state index in [1.165, 1.54) is 5.57 Å². The first-order valence-electron chi connectivity index (χ1n) is 8.97. The van der Waals surface area contributed by atoms with Crippen LogP contribution in [0.2, 0.25) is 0 Å². The first kappa shape index (κ1) is 18.4. The Balaban J connectivity index is 1.48. The Morgan fingerprint density at radius 1 is 0.963 bits per heavy atom. The van der Waals surface area contributed by atoms with Gasteiger partial charge in [-0.15, -0.1) is 0 Å². The van der Waals surface area contributed by atoms with Gasteiger partial charge in [0.05, 0.1) is 29.5 Å². The Labute approximate surface area is 160 Å². The molecule has 136 valence electrons. The maximum atomic E-state index is 4.53. The molecule has 27 heavy (non-hydrogen) atoms. The summed E-state index contributed by atoms with van der Waals surface area (Å²) < 4.78 is 0. The molecular formula is C23H24N4. The molecule has 4 heteroatoms. The number of H-pyrrole nitrogens is 2. The van der Waals surface area contributed by atoms with E-state index in [1.807, 2.05) is 55.0 Å². The first-order valence-corrected chi connectivity index (χ1v) is 8.97. The maximum absolute atomic E-state index is 4.53. The number of aromatic amines is 2. The highest BCUT2D eigenvalue weighted by Crippen LogP contribution is 2.24. The molecule has 0 fully saturated rings. The molecule has 0 spiro atoms. The number of nitrogens with zero attached hydrogens (tertiary/aromatic N) is 2. The molecule has 0 atom stereocenters. The van der Waals surface area contributed by atoms with Crippen molar-refractivity contribution >= 4 is 12.4 Å². The molecule has 0 radical (unpaired) electrons. The van der Waals surface area contributed by atoms with Crippen LogP contribution >= 0.6 is 0 Å². The summed E-state index contributed by atoms with van der Waals surface area (Å²) in [6.07, 6.45) is 18.3. The van der Waals surface area contributed by atoms with Crippen molar-refractivity contribution in [3.05, 3.63) is 108 Å². The largest absolute Gasteiger partial charge is 0.360 e. The summed E-state index contributed by atoms with van der Waals surface area (Å²) in [6, 6.07) is 7.86. The van der Waals surface area contributed by atoms with Crippen LogP contribution in [0.3, 0.4) is 0 Å². The van der Waals surface area contributed by atoms with Crippen LogP contribution in [0.25, 0.3) is 0 Å². The Hall–Kier alpha value is -3.40. The monoisotopic (exact) mass is 356 g/mol. The van der Waals surface area contributed by atoms with Crippen molar-refractivity contribution in [1.82, 2.24) is 9.97 Å². The molecule has 0 amide bonds. The number of hydrogen-bond acceptors (Lipinski definition) is 2. The zero-order chi connectivity index (χ0) is 18.9. The molecule has 2 aromatic rings. The molecule has 0 aromatic carbocycles. The molecule has 2 aromatic heterocycles. The predicted octanol–water partition coefficient (Wildman–Crippen LogP) is 5.50. The third kappa shape index (κ3) is 6.12. The lowest BCUT2D eigenvalue weighted by atomic mass is 9.96. The average molecular weight is 356 g/mol. The van der Waals surface area contributed by atoms with E-state index in [-0.39, 0.29) is 0 Å². The van der Waals surface area contributed by atoms with Crippen molar-refractivity contribution in [1.29, 1.82) is 0 Å². The van der Waals surface area contributed by atoms with Gasteiger partial charge in [0.1, 0.15) is 0 Å². The summed E-state index contributed by atoms with van der Waals surface area (Å²) in [5, 5.41) is 0. The second-order valence-corrected chi connectivity index (χ2v) is 6.41. The van der Waals surface area contributed by atoms with Crippen LogP contribution in [0.4, 0.5) is 0 Å². The normalized spacial score (nSPS) is 14.8. The third-order valence-corrected chi connectivity index (χ3v) is 4.16. The lowest BCUT2D eigenvalue weighted by Crippen LogP contribution is -1.94. The molecule has 4 nitrogen and oxygen atoms in total. The van der Waals surface area contributed by atoms with Gasteiger partial charge in [-0.1, -0.05) is 36.5 Å². The fraction of sp³-hybridized carbons (Fsp3) is 0.130. The van der Waals surface area contributed by atoms with Gasteiger partial charge in [-0.3, -0.25) is 9.98 Å². The molecule has 0 saturated heterocycles. The fourth-order valence-corrected chi connectivity index (χ4v) is 2.69.